The van der Waals surface area contributed by atoms with Gasteiger partial charge in [-0.25, -0.2) is 9.97 Å². The molecule has 27 heavy (non-hydrogen) atoms. The third-order valence-electron chi connectivity index (χ3n) is 4.57. The molecule has 0 radical (unpaired) electrons. The van der Waals surface area contributed by atoms with Crippen molar-refractivity contribution in [2.75, 3.05) is 29.3 Å². The second kappa shape index (κ2) is 7.03. The maximum absolute atomic E-state index is 12.7. The van der Waals surface area contributed by atoms with Crippen molar-refractivity contribution in [3.63, 3.8) is 0 Å². The van der Waals surface area contributed by atoms with E-state index < -0.39 is 0 Å². The van der Waals surface area contributed by atoms with Gasteiger partial charge in [0.2, 0.25) is 5.95 Å². The zero-order chi connectivity index (χ0) is 19.0. The lowest BCUT2D eigenvalue weighted by Crippen LogP contribution is -2.37. The Hall–Kier alpha value is -2.87. The third kappa shape index (κ3) is 3.28. The minimum absolute atomic E-state index is 0.109. The van der Waals surface area contributed by atoms with Crippen molar-refractivity contribution in [2.24, 2.45) is 0 Å². The molecule has 0 aliphatic carbocycles. The number of nitrogens with zero attached hydrogens (tertiary/aromatic N) is 5. The summed E-state index contributed by atoms with van der Waals surface area (Å²) in [7, 11) is 3.82. The average Bonchev–Trinajstić information content (AvgIpc) is 2.99. The van der Waals surface area contributed by atoms with Crippen LogP contribution in [0.15, 0.2) is 64.1 Å². The Bertz CT molecular complexity index is 1020. The quantitative estimate of drug-likeness (QED) is 0.646. The second-order valence-corrected chi connectivity index (χ2v) is 7.17. The number of nitrogens with one attached hydrogen (secondary N) is 1. The van der Waals surface area contributed by atoms with Crippen LogP contribution in [0.3, 0.4) is 0 Å². The molecule has 2 aromatic heterocycles. The maximum Gasteiger partial charge on any atom is 0.274 e. The predicted molar refractivity (Wildman–Crippen MR) is 109 cm³/mol. The first-order valence-corrected chi connectivity index (χ1v) is 9.33. The molecule has 1 aliphatic rings. The lowest BCUT2D eigenvalue weighted by atomic mass is 10.2. The molecule has 138 valence electrons. The number of benzene rings is 1. The smallest absolute Gasteiger partial charge is 0.274 e. The lowest BCUT2D eigenvalue weighted by Gasteiger charge is -2.22. The van der Waals surface area contributed by atoms with Gasteiger partial charge in [-0.3, -0.25) is 9.80 Å². The van der Waals surface area contributed by atoms with Crippen molar-refractivity contribution in [3.8, 4) is 0 Å². The molecule has 3 heterocycles. The summed E-state index contributed by atoms with van der Waals surface area (Å²) < 4.78 is 2.33. The molecule has 1 atom stereocenters. The maximum atomic E-state index is 12.7. The highest BCUT2D eigenvalue weighted by Crippen LogP contribution is 2.27. The van der Waals surface area contributed by atoms with Crippen LogP contribution in [0.5, 0.6) is 0 Å². The summed E-state index contributed by atoms with van der Waals surface area (Å²) in [5.74, 6) is 0.549. The number of hydrogen-bond acceptors (Lipinski definition) is 6. The van der Waals surface area contributed by atoms with Crippen molar-refractivity contribution < 1.29 is 0 Å². The van der Waals surface area contributed by atoms with Crippen molar-refractivity contribution in [3.05, 3.63) is 80.9 Å². The van der Waals surface area contributed by atoms with Gasteiger partial charge in [-0.2, -0.15) is 4.68 Å². The van der Waals surface area contributed by atoms with Crippen LogP contribution in [-0.4, -0.2) is 28.7 Å². The Morgan fingerprint density at radius 2 is 2.00 bits per heavy atom. The van der Waals surface area contributed by atoms with Crippen molar-refractivity contribution in [1.29, 1.82) is 0 Å². The Morgan fingerprint density at radius 3 is 2.74 bits per heavy atom. The molecule has 0 fully saturated rings. The summed E-state index contributed by atoms with van der Waals surface area (Å²) in [6, 6.07) is 15.4. The summed E-state index contributed by atoms with van der Waals surface area (Å²) >= 11 is 3.46. The SMILES string of the molecule is CN(Cc1cc(=O)n2c(n1)NC(c1ccccc1)N2C)c1cccnc1Br. The van der Waals surface area contributed by atoms with Gasteiger partial charge < -0.3 is 10.2 Å². The summed E-state index contributed by atoms with van der Waals surface area (Å²) in [4.78, 5) is 23.6. The lowest BCUT2D eigenvalue weighted by molar-refractivity contribution is 0.616. The van der Waals surface area contributed by atoms with E-state index in [0.29, 0.717) is 18.2 Å². The second-order valence-electron chi connectivity index (χ2n) is 6.42. The highest BCUT2D eigenvalue weighted by atomic mass is 79.9. The first-order chi connectivity index (χ1) is 13.0. The van der Waals surface area contributed by atoms with E-state index in [0.717, 1.165) is 15.9 Å². The van der Waals surface area contributed by atoms with Gasteiger partial charge in [-0.05, 0) is 33.6 Å². The monoisotopic (exact) mass is 426 g/mol. The van der Waals surface area contributed by atoms with Crippen LogP contribution >= 0.6 is 15.9 Å². The van der Waals surface area contributed by atoms with E-state index in [1.807, 2.05) is 66.5 Å². The van der Waals surface area contributed by atoms with E-state index in [2.05, 4.69) is 31.2 Å². The molecule has 0 amide bonds. The Balaban J connectivity index is 1.62. The van der Waals surface area contributed by atoms with Crippen LogP contribution in [0.4, 0.5) is 11.6 Å². The van der Waals surface area contributed by atoms with Crippen LogP contribution in [0.2, 0.25) is 0 Å². The fraction of sp³-hybridized carbons (Fsp3) is 0.211. The molecule has 1 aromatic carbocycles. The molecular formula is C19H19BrN6O. The Morgan fingerprint density at radius 1 is 1.22 bits per heavy atom. The molecule has 0 spiro atoms. The van der Waals surface area contributed by atoms with Gasteiger partial charge in [0.05, 0.1) is 17.9 Å². The van der Waals surface area contributed by atoms with Gasteiger partial charge in [0.1, 0.15) is 10.8 Å². The molecule has 1 aliphatic heterocycles. The number of halogens is 1. The summed E-state index contributed by atoms with van der Waals surface area (Å²) in [6.07, 6.45) is 1.59. The first-order valence-electron chi connectivity index (χ1n) is 8.54. The van der Waals surface area contributed by atoms with Crippen molar-refractivity contribution in [2.45, 2.75) is 12.7 Å². The predicted octanol–water partition coefficient (Wildman–Crippen LogP) is 2.73. The molecule has 0 saturated heterocycles. The van der Waals surface area contributed by atoms with Gasteiger partial charge in [0, 0.05) is 26.4 Å². The van der Waals surface area contributed by atoms with Crippen LogP contribution in [0, 0.1) is 0 Å². The van der Waals surface area contributed by atoms with Crippen molar-refractivity contribution in [1.82, 2.24) is 14.6 Å². The Kier molecular flexibility index (Phi) is 4.57. The highest BCUT2D eigenvalue weighted by molar-refractivity contribution is 9.10. The normalized spacial score (nSPS) is 15.4. The molecule has 3 aromatic rings. The standard InChI is InChI=1S/C19H19BrN6O/c1-24(15-9-6-10-21-17(15)20)12-14-11-16(27)26-19(22-14)23-18(25(26)2)13-7-4-3-5-8-13/h3-11,18H,12H2,1-2H3,(H,22,23). The molecule has 1 unspecified atom stereocenters. The van der Waals surface area contributed by atoms with Crippen LogP contribution < -0.4 is 20.8 Å². The molecule has 1 N–H and O–H groups in total. The van der Waals surface area contributed by atoms with E-state index in [1.165, 1.54) is 0 Å². The highest BCUT2D eigenvalue weighted by Gasteiger charge is 2.29. The first kappa shape index (κ1) is 17.5. The fourth-order valence-electron chi connectivity index (χ4n) is 3.26. The van der Waals surface area contributed by atoms with E-state index in [9.17, 15) is 4.79 Å². The zero-order valence-corrected chi connectivity index (χ0v) is 16.6. The third-order valence-corrected chi connectivity index (χ3v) is 5.18. The fourth-order valence-corrected chi connectivity index (χ4v) is 3.81. The van der Waals surface area contributed by atoms with E-state index in [4.69, 9.17) is 0 Å². The van der Waals surface area contributed by atoms with Crippen LogP contribution in [-0.2, 0) is 6.54 Å². The van der Waals surface area contributed by atoms with E-state index in [1.54, 1.807) is 16.9 Å². The molecule has 0 bridgehead atoms. The number of aromatic nitrogens is 3. The van der Waals surface area contributed by atoms with Gasteiger partial charge >= 0.3 is 0 Å². The molecule has 4 rings (SSSR count). The minimum Gasteiger partial charge on any atom is -0.367 e. The number of hydrogen-bond donors (Lipinski definition) is 1. The van der Waals surface area contributed by atoms with Gasteiger partial charge in [-0.15, -0.1) is 0 Å². The van der Waals surface area contributed by atoms with Gasteiger partial charge in [-0.1, -0.05) is 30.3 Å². The number of rotatable bonds is 4. The van der Waals surface area contributed by atoms with Gasteiger partial charge in [0.25, 0.3) is 5.56 Å². The number of anilines is 2. The minimum atomic E-state index is -0.133. The van der Waals surface area contributed by atoms with E-state index >= 15 is 0 Å². The molecule has 8 heteroatoms. The zero-order valence-electron chi connectivity index (χ0n) is 15.0. The topological polar surface area (TPSA) is 66.3 Å². The summed E-state index contributed by atoms with van der Waals surface area (Å²) in [5.41, 5.74) is 2.59. The number of fused-ring (bicyclic) bond motifs is 1. The summed E-state index contributed by atoms with van der Waals surface area (Å²) in [6.45, 7) is 0.495. The van der Waals surface area contributed by atoms with Crippen LogP contribution in [0.1, 0.15) is 17.4 Å². The largest absolute Gasteiger partial charge is 0.367 e. The molecular weight excluding hydrogens is 408 g/mol. The number of pyridine rings is 1. The van der Waals surface area contributed by atoms with E-state index in [-0.39, 0.29) is 11.7 Å². The average molecular weight is 427 g/mol. The van der Waals surface area contributed by atoms with Crippen LogP contribution in [0.25, 0.3) is 0 Å². The Labute approximate surface area is 165 Å². The molecule has 0 saturated carbocycles. The summed E-state index contributed by atoms with van der Waals surface area (Å²) in [5, 5.41) is 5.21. The van der Waals surface area contributed by atoms with Crippen molar-refractivity contribution >= 4 is 27.6 Å². The van der Waals surface area contributed by atoms with Gasteiger partial charge in [0.15, 0.2) is 0 Å². The molecule has 7 nitrogen and oxygen atoms in total.